The first kappa shape index (κ1) is 12.1. The van der Waals surface area contributed by atoms with E-state index < -0.39 is 5.60 Å². The van der Waals surface area contributed by atoms with Gasteiger partial charge in [0, 0.05) is 5.57 Å². The highest BCUT2D eigenvalue weighted by Gasteiger charge is 2.45. The molecule has 0 aromatic carbocycles. The van der Waals surface area contributed by atoms with E-state index in [2.05, 4.69) is 0 Å². The van der Waals surface area contributed by atoms with Crippen LogP contribution < -0.4 is 0 Å². The lowest BCUT2D eigenvalue weighted by molar-refractivity contribution is -0.154. The summed E-state index contributed by atoms with van der Waals surface area (Å²) >= 11 is 0. The van der Waals surface area contributed by atoms with Crippen molar-refractivity contribution in [3.05, 3.63) is 11.1 Å². The molecular weight excluding hydrogens is 220 g/mol. The molecule has 1 aliphatic heterocycles. The van der Waals surface area contributed by atoms with Gasteiger partial charge in [-0.3, -0.25) is 4.79 Å². The van der Waals surface area contributed by atoms with Crippen molar-refractivity contribution in [1.29, 1.82) is 0 Å². The standard InChI is InChI=1S/C13H18O4/c1-3-16-11(14)8-13(2)10-7-5-4-6-9(10)12(15)17-13/h3-8H2,1-2H3/t13-/m0/s1. The van der Waals surface area contributed by atoms with Crippen molar-refractivity contribution in [2.45, 2.75) is 51.6 Å². The smallest absolute Gasteiger partial charge is 0.334 e. The second kappa shape index (κ2) is 4.51. The fraction of sp³-hybridized carbons (Fsp3) is 0.692. The number of ether oxygens (including phenoxy) is 2. The second-order valence-corrected chi connectivity index (χ2v) is 4.77. The van der Waals surface area contributed by atoms with Crippen LogP contribution in [0.25, 0.3) is 0 Å². The van der Waals surface area contributed by atoms with Crippen LogP contribution in [-0.2, 0) is 19.1 Å². The topological polar surface area (TPSA) is 52.6 Å². The van der Waals surface area contributed by atoms with E-state index in [0.29, 0.717) is 6.61 Å². The summed E-state index contributed by atoms with van der Waals surface area (Å²) in [5.74, 6) is -0.548. The molecule has 1 aliphatic carbocycles. The normalized spacial score (nSPS) is 27.8. The first-order valence-electron chi connectivity index (χ1n) is 6.18. The van der Waals surface area contributed by atoms with Crippen LogP contribution in [0.5, 0.6) is 0 Å². The minimum Gasteiger partial charge on any atom is -0.466 e. The highest BCUT2D eigenvalue weighted by molar-refractivity contribution is 5.94. The molecule has 0 amide bonds. The number of carbonyl (C=O) groups is 2. The van der Waals surface area contributed by atoms with E-state index in [0.717, 1.165) is 36.8 Å². The maximum Gasteiger partial charge on any atom is 0.334 e. The first-order chi connectivity index (χ1) is 8.07. The lowest BCUT2D eigenvalue weighted by Crippen LogP contribution is -2.32. The van der Waals surface area contributed by atoms with E-state index in [4.69, 9.17) is 9.47 Å². The number of carbonyl (C=O) groups excluding carboxylic acids is 2. The Morgan fingerprint density at radius 3 is 2.82 bits per heavy atom. The maximum atomic E-state index is 11.7. The van der Waals surface area contributed by atoms with Gasteiger partial charge in [0.1, 0.15) is 5.60 Å². The Balaban J connectivity index is 2.18. The van der Waals surface area contributed by atoms with Crippen LogP contribution in [-0.4, -0.2) is 24.1 Å². The monoisotopic (exact) mass is 238 g/mol. The number of esters is 2. The Hall–Kier alpha value is -1.32. The SMILES string of the molecule is CCOC(=O)C[C@]1(C)OC(=O)C2=C1CCCC2. The summed E-state index contributed by atoms with van der Waals surface area (Å²) < 4.78 is 10.3. The maximum absolute atomic E-state index is 11.7. The van der Waals surface area contributed by atoms with Gasteiger partial charge in [-0.15, -0.1) is 0 Å². The number of rotatable bonds is 3. The second-order valence-electron chi connectivity index (χ2n) is 4.77. The summed E-state index contributed by atoms with van der Waals surface area (Å²) in [7, 11) is 0. The van der Waals surface area contributed by atoms with Crippen LogP contribution in [0.3, 0.4) is 0 Å². The van der Waals surface area contributed by atoms with Crippen molar-refractivity contribution >= 4 is 11.9 Å². The van der Waals surface area contributed by atoms with E-state index in [1.807, 2.05) is 6.92 Å². The summed E-state index contributed by atoms with van der Waals surface area (Å²) in [6, 6.07) is 0. The highest BCUT2D eigenvalue weighted by Crippen LogP contribution is 2.42. The summed E-state index contributed by atoms with van der Waals surface area (Å²) in [5.41, 5.74) is 1.05. The van der Waals surface area contributed by atoms with Gasteiger partial charge in [-0.25, -0.2) is 4.79 Å². The fourth-order valence-electron chi connectivity index (χ4n) is 2.67. The summed E-state index contributed by atoms with van der Waals surface area (Å²) in [6.07, 6.45) is 3.87. The molecular formula is C13H18O4. The predicted octanol–water partition coefficient (Wildman–Crippen LogP) is 2.13. The molecule has 17 heavy (non-hydrogen) atoms. The largest absolute Gasteiger partial charge is 0.466 e. The van der Waals surface area contributed by atoms with Gasteiger partial charge >= 0.3 is 11.9 Å². The molecule has 0 aromatic heterocycles. The van der Waals surface area contributed by atoms with Crippen molar-refractivity contribution < 1.29 is 19.1 Å². The molecule has 94 valence electrons. The third-order valence-corrected chi connectivity index (χ3v) is 3.46. The van der Waals surface area contributed by atoms with Crippen LogP contribution in [0, 0.1) is 0 Å². The fourth-order valence-corrected chi connectivity index (χ4v) is 2.67. The number of hydrogen-bond acceptors (Lipinski definition) is 4. The summed E-state index contributed by atoms with van der Waals surface area (Å²) in [4.78, 5) is 23.3. The molecule has 2 rings (SSSR count). The average Bonchev–Trinajstić information content (AvgIpc) is 2.52. The van der Waals surface area contributed by atoms with E-state index in [1.54, 1.807) is 6.92 Å². The third kappa shape index (κ3) is 2.21. The van der Waals surface area contributed by atoms with Crippen LogP contribution in [0.2, 0.25) is 0 Å². The summed E-state index contributed by atoms with van der Waals surface area (Å²) in [6.45, 7) is 3.94. The molecule has 4 heteroatoms. The molecule has 0 spiro atoms. The van der Waals surface area contributed by atoms with E-state index in [1.165, 1.54) is 0 Å². The molecule has 0 unspecified atom stereocenters. The predicted molar refractivity (Wildman–Crippen MR) is 61.2 cm³/mol. The van der Waals surface area contributed by atoms with Gasteiger partial charge in [0.05, 0.1) is 13.0 Å². The van der Waals surface area contributed by atoms with Crippen molar-refractivity contribution in [1.82, 2.24) is 0 Å². The molecule has 1 heterocycles. The molecule has 0 bridgehead atoms. The zero-order valence-electron chi connectivity index (χ0n) is 10.4. The van der Waals surface area contributed by atoms with Gasteiger partial charge < -0.3 is 9.47 Å². The van der Waals surface area contributed by atoms with Crippen LogP contribution >= 0.6 is 0 Å². The molecule has 0 radical (unpaired) electrons. The van der Waals surface area contributed by atoms with Gasteiger partial charge in [-0.2, -0.15) is 0 Å². The average molecular weight is 238 g/mol. The van der Waals surface area contributed by atoms with Crippen LogP contribution in [0.4, 0.5) is 0 Å². The molecule has 0 saturated carbocycles. The molecule has 1 atom stereocenters. The van der Waals surface area contributed by atoms with Crippen molar-refractivity contribution in [3.8, 4) is 0 Å². The Morgan fingerprint density at radius 1 is 1.41 bits per heavy atom. The number of cyclic esters (lactones) is 1. The number of hydrogen-bond donors (Lipinski definition) is 0. The van der Waals surface area contributed by atoms with Crippen LogP contribution in [0.15, 0.2) is 11.1 Å². The van der Waals surface area contributed by atoms with Gasteiger partial charge in [-0.1, -0.05) is 0 Å². The van der Waals surface area contributed by atoms with E-state index >= 15 is 0 Å². The highest BCUT2D eigenvalue weighted by atomic mass is 16.6. The zero-order valence-corrected chi connectivity index (χ0v) is 10.4. The Labute approximate surface area is 101 Å². The molecule has 4 nitrogen and oxygen atoms in total. The Morgan fingerprint density at radius 2 is 2.12 bits per heavy atom. The minimum atomic E-state index is -0.765. The third-order valence-electron chi connectivity index (χ3n) is 3.46. The van der Waals surface area contributed by atoms with Crippen LogP contribution in [0.1, 0.15) is 46.0 Å². The lowest BCUT2D eigenvalue weighted by atomic mass is 9.82. The van der Waals surface area contributed by atoms with Gasteiger partial charge in [0.25, 0.3) is 0 Å². The van der Waals surface area contributed by atoms with E-state index in [-0.39, 0.29) is 18.4 Å². The molecule has 2 aliphatic rings. The molecule has 0 N–H and O–H groups in total. The lowest BCUT2D eigenvalue weighted by Gasteiger charge is -2.26. The van der Waals surface area contributed by atoms with E-state index in [9.17, 15) is 9.59 Å². The molecule has 0 aromatic rings. The van der Waals surface area contributed by atoms with Gasteiger partial charge in [0.2, 0.25) is 0 Å². The Kier molecular flexibility index (Phi) is 3.22. The Bertz CT molecular complexity index is 383. The quantitative estimate of drug-likeness (QED) is 0.707. The zero-order chi connectivity index (χ0) is 12.5. The van der Waals surface area contributed by atoms with Crippen molar-refractivity contribution in [2.75, 3.05) is 6.61 Å². The van der Waals surface area contributed by atoms with Crippen molar-refractivity contribution in [2.24, 2.45) is 0 Å². The summed E-state index contributed by atoms with van der Waals surface area (Å²) in [5, 5.41) is 0. The van der Waals surface area contributed by atoms with Gasteiger partial charge in [-0.05, 0) is 45.1 Å². The molecule has 0 saturated heterocycles. The molecule has 0 fully saturated rings. The van der Waals surface area contributed by atoms with Crippen molar-refractivity contribution in [3.63, 3.8) is 0 Å². The minimum absolute atomic E-state index is 0.130. The van der Waals surface area contributed by atoms with Gasteiger partial charge in [0.15, 0.2) is 0 Å². The first-order valence-corrected chi connectivity index (χ1v) is 6.18.